The molecule has 0 saturated carbocycles. The molecule has 136 valence electrons. The number of rotatable bonds is 5. The zero-order valence-electron chi connectivity index (χ0n) is 16.2. The Morgan fingerprint density at radius 2 is 1.33 bits per heavy atom. The van der Waals surface area contributed by atoms with E-state index in [2.05, 4.69) is 69.3 Å². The number of hydrogen-bond acceptors (Lipinski definition) is 1. The first kappa shape index (κ1) is 18.7. The van der Waals surface area contributed by atoms with Gasteiger partial charge in [-0.3, -0.25) is 0 Å². The molecule has 2 N–H and O–H groups in total. The van der Waals surface area contributed by atoms with Gasteiger partial charge in [0.25, 0.3) is 0 Å². The Balaban J connectivity index is 1.93. The second-order valence-electron chi connectivity index (χ2n) is 6.79. The van der Waals surface area contributed by atoms with Gasteiger partial charge in [0.1, 0.15) is 5.84 Å². The van der Waals surface area contributed by atoms with Gasteiger partial charge in [0, 0.05) is 11.1 Å². The summed E-state index contributed by atoms with van der Waals surface area (Å²) in [6.07, 6.45) is 0.937. The summed E-state index contributed by atoms with van der Waals surface area (Å²) in [4.78, 5) is 4.79. The number of aliphatic imine (C=N–C) groups is 1. The summed E-state index contributed by atoms with van der Waals surface area (Å²) >= 11 is 0. The van der Waals surface area contributed by atoms with Crippen molar-refractivity contribution in [3.8, 4) is 11.1 Å². The Kier molecular flexibility index (Phi) is 5.87. The molecule has 3 aromatic rings. The Labute approximate surface area is 162 Å². The van der Waals surface area contributed by atoms with E-state index in [0.29, 0.717) is 5.84 Å². The lowest BCUT2D eigenvalue weighted by atomic mass is 10.0. The second-order valence-corrected chi connectivity index (χ2v) is 6.79. The number of hydrogen-bond donors (Lipinski definition) is 1. The Hall–Kier alpha value is -3.13. The topological polar surface area (TPSA) is 38.4 Å². The van der Waals surface area contributed by atoms with E-state index >= 15 is 0 Å². The first-order chi connectivity index (χ1) is 13.1. The van der Waals surface area contributed by atoms with E-state index in [1.54, 1.807) is 0 Å². The minimum atomic E-state index is 0.540. The van der Waals surface area contributed by atoms with Gasteiger partial charge in [-0.15, -0.1) is 0 Å². The van der Waals surface area contributed by atoms with Crippen LogP contribution in [0.25, 0.3) is 16.8 Å². The van der Waals surface area contributed by atoms with Gasteiger partial charge in [-0.25, -0.2) is 4.99 Å². The molecule has 0 aliphatic heterocycles. The van der Waals surface area contributed by atoms with Gasteiger partial charge < -0.3 is 5.73 Å². The van der Waals surface area contributed by atoms with Gasteiger partial charge in [0.05, 0.1) is 5.70 Å². The van der Waals surface area contributed by atoms with Crippen LogP contribution in [0.5, 0.6) is 0 Å². The molecule has 0 aromatic heterocycles. The lowest BCUT2D eigenvalue weighted by Crippen LogP contribution is -2.13. The van der Waals surface area contributed by atoms with Crippen LogP contribution < -0.4 is 5.73 Å². The van der Waals surface area contributed by atoms with Gasteiger partial charge in [-0.05, 0) is 37.0 Å². The summed E-state index contributed by atoms with van der Waals surface area (Å²) in [7, 11) is 0. The average molecular weight is 354 g/mol. The van der Waals surface area contributed by atoms with Gasteiger partial charge in [0.2, 0.25) is 0 Å². The molecule has 2 heteroatoms. The van der Waals surface area contributed by atoms with Crippen molar-refractivity contribution < 1.29 is 0 Å². The maximum atomic E-state index is 6.36. The monoisotopic (exact) mass is 354 g/mol. The Morgan fingerprint density at radius 1 is 0.778 bits per heavy atom. The maximum absolute atomic E-state index is 6.36. The fourth-order valence-electron chi connectivity index (χ4n) is 2.93. The summed E-state index contributed by atoms with van der Waals surface area (Å²) in [6.45, 7) is 6.35. The normalized spacial score (nSPS) is 12.6. The highest BCUT2D eigenvalue weighted by molar-refractivity contribution is 6.01. The van der Waals surface area contributed by atoms with Crippen LogP contribution in [0.1, 0.15) is 37.0 Å². The third-order valence-corrected chi connectivity index (χ3v) is 4.78. The fourth-order valence-corrected chi connectivity index (χ4v) is 2.93. The van der Waals surface area contributed by atoms with E-state index in [1.807, 2.05) is 30.3 Å². The highest BCUT2D eigenvalue weighted by Gasteiger charge is 2.07. The van der Waals surface area contributed by atoms with E-state index < -0.39 is 0 Å². The molecule has 0 amide bonds. The number of amidine groups is 1. The smallest absolute Gasteiger partial charge is 0.131 e. The third kappa shape index (κ3) is 4.53. The molecule has 0 radical (unpaired) electrons. The molecular formula is C25H26N2. The predicted molar refractivity (Wildman–Crippen MR) is 117 cm³/mol. The minimum Gasteiger partial charge on any atom is -0.383 e. The fraction of sp³-hybridized carbons (Fsp3) is 0.160. The number of benzene rings is 3. The van der Waals surface area contributed by atoms with Crippen LogP contribution in [0.15, 0.2) is 89.4 Å². The molecule has 0 saturated heterocycles. The highest BCUT2D eigenvalue weighted by Crippen LogP contribution is 2.24. The van der Waals surface area contributed by atoms with Crippen molar-refractivity contribution in [1.82, 2.24) is 0 Å². The van der Waals surface area contributed by atoms with Crippen molar-refractivity contribution in [2.45, 2.75) is 27.2 Å². The van der Waals surface area contributed by atoms with E-state index in [9.17, 15) is 0 Å². The molecule has 2 nitrogen and oxygen atoms in total. The molecule has 0 aliphatic rings. The van der Waals surface area contributed by atoms with Gasteiger partial charge in [-0.2, -0.15) is 0 Å². The molecule has 0 bridgehead atoms. The number of nitrogens with zero attached hydrogens (tertiary/aromatic N) is 1. The van der Waals surface area contributed by atoms with Crippen molar-refractivity contribution in [3.05, 3.63) is 101 Å². The summed E-state index contributed by atoms with van der Waals surface area (Å²) < 4.78 is 0. The minimum absolute atomic E-state index is 0.540. The van der Waals surface area contributed by atoms with E-state index in [4.69, 9.17) is 10.7 Å². The number of allylic oxidation sites excluding steroid dienone is 1. The number of nitrogens with two attached hydrogens (primary N) is 1. The standard InChI is InChI=1S/C25H26N2/c1-4-19(3)24(22-12-10-18(2)11-13-22)27-25(26)23-16-14-21(15-17-23)20-8-6-5-7-9-20/h5-17H,4H2,1-3H3,(H2,26,27)/b24-19-. The van der Waals surface area contributed by atoms with Crippen LogP contribution in [0.4, 0.5) is 0 Å². The van der Waals surface area contributed by atoms with E-state index in [0.717, 1.165) is 23.2 Å². The molecular weight excluding hydrogens is 328 g/mol. The largest absolute Gasteiger partial charge is 0.383 e. The van der Waals surface area contributed by atoms with Gasteiger partial charge in [0.15, 0.2) is 0 Å². The van der Waals surface area contributed by atoms with Crippen molar-refractivity contribution in [3.63, 3.8) is 0 Å². The average Bonchev–Trinajstić information content (AvgIpc) is 2.73. The molecule has 3 rings (SSSR count). The van der Waals surface area contributed by atoms with E-state index in [1.165, 1.54) is 22.3 Å². The van der Waals surface area contributed by atoms with Crippen LogP contribution in [0.3, 0.4) is 0 Å². The lowest BCUT2D eigenvalue weighted by Gasteiger charge is -2.10. The first-order valence-electron chi connectivity index (χ1n) is 9.35. The number of aryl methyl sites for hydroxylation is 1. The second kappa shape index (κ2) is 8.50. The quantitative estimate of drug-likeness (QED) is 0.429. The predicted octanol–water partition coefficient (Wildman–Crippen LogP) is 6.21. The molecule has 0 unspecified atom stereocenters. The molecule has 27 heavy (non-hydrogen) atoms. The first-order valence-corrected chi connectivity index (χ1v) is 9.35. The Morgan fingerprint density at radius 3 is 1.93 bits per heavy atom. The summed E-state index contributed by atoms with van der Waals surface area (Å²) in [6, 6.07) is 27.0. The van der Waals surface area contributed by atoms with Crippen LogP contribution >= 0.6 is 0 Å². The van der Waals surface area contributed by atoms with Crippen molar-refractivity contribution >= 4 is 11.5 Å². The molecule has 0 spiro atoms. The molecule has 0 atom stereocenters. The molecule has 0 fully saturated rings. The molecule has 3 aromatic carbocycles. The van der Waals surface area contributed by atoms with Gasteiger partial charge >= 0.3 is 0 Å². The van der Waals surface area contributed by atoms with Crippen LogP contribution in [0, 0.1) is 6.92 Å². The van der Waals surface area contributed by atoms with Crippen LogP contribution in [-0.2, 0) is 0 Å². The molecule has 0 aliphatic carbocycles. The summed E-state index contributed by atoms with van der Waals surface area (Å²) in [5.41, 5.74) is 14.2. The van der Waals surface area contributed by atoms with Crippen LogP contribution in [0.2, 0.25) is 0 Å². The summed E-state index contributed by atoms with van der Waals surface area (Å²) in [5, 5.41) is 0. The highest BCUT2D eigenvalue weighted by atomic mass is 14.9. The third-order valence-electron chi connectivity index (χ3n) is 4.78. The lowest BCUT2D eigenvalue weighted by molar-refractivity contribution is 1.09. The van der Waals surface area contributed by atoms with Crippen molar-refractivity contribution in [2.75, 3.05) is 0 Å². The van der Waals surface area contributed by atoms with Crippen molar-refractivity contribution in [2.24, 2.45) is 10.7 Å². The Bertz CT molecular complexity index is 947. The molecule has 0 heterocycles. The van der Waals surface area contributed by atoms with Gasteiger partial charge in [-0.1, -0.05) is 91.3 Å². The van der Waals surface area contributed by atoms with E-state index in [-0.39, 0.29) is 0 Å². The zero-order chi connectivity index (χ0) is 19.2. The zero-order valence-corrected chi connectivity index (χ0v) is 16.2. The SMILES string of the molecule is CC/C(C)=C(\N=C(N)c1ccc(-c2ccccc2)cc1)c1ccc(C)cc1. The van der Waals surface area contributed by atoms with Crippen molar-refractivity contribution in [1.29, 1.82) is 0 Å². The summed E-state index contributed by atoms with van der Waals surface area (Å²) in [5.74, 6) is 0.540. The van der Waals surface area contributed by atoms with Crippen LogP contribution in [-0.4, -0.2) is 5.84 Å². The maximum Gasteiger partial charge on any atom is 0.131 e.